The molecule has 0 fully saturated rings. The molecule has 0 unspecified atom stereocenters. The summed E-state index contributed by atoms with van der Waals surface area (Å²) in [5.41, 5.74) is 11.4. The molecule has 0 saturated heterocycles. The number of thioether (sulfide) groups is 1. The van der Waals surface area contributed by atoms with Crippen LogP contribution in [0.3, 0.4) is 0 Å². The molecule has 6 nitrogen and oxygen atoms in total. The second-order valence-electron chi connectivity index (χ2n) is 8.40. The zero-order chi connectivity index (χ0) is 23.4. The number of aromatic nitrogens is 1. The van der Waals surface area contributed by atoms with Crippen LogP contribution in [0, 0.1) is 12.8 Å². The third kappa shape index (κ3) is 5.40. The smallest absolute Gasteiger partial charge is 0.411 e. The van der Waals surface area contributed by atoms with Gasteiger partial charge in [0.1, 0.15) is 0 Å². The Kier molecular flexibility index (Phi) is 7.40. The van der Waals surface area contributed by atoms with Crippen LogP contribution in [0.5, 0.6) is 0 Å². The molecule has 0 saturated carbocycles. The van der Waals surface area contributed by atoms with Gasteiger partial charge < -0.3 is 10.8 Å². The number of primary amides is 1. The second kappa shape index (κ2) is 10.0. The lowest BCUT2D eigenvalue weighted by atomic mass is 9.93. The maximum atomic E-state index is 12.0. The number of carboxylic acid groups (broad SMARTS) is 1. The third-order valence-electron chi connectivity index (χ3n) is 5.17. The molecule has 0 atom stereocenters. The zero-order valence-corrected chi connectivity index (χ0v) is 19.7. The number of aryl methyl sites for hydroxylation is 1. The van der Waals surface area contributed by atoms with E-state index >= 15 is 0 Å². The molecular formula is C25H29N3O3S. The van der Waals surface area contributed by atoms with Crippen LogP contribution in [-0.2, 0) is 17.0 Å². The van der Waals surface area contributed by atoms with E-state index in [4.69, 9.17) is 10.7 Å². The van der Waals surface area contributed by atoms with E-state index in [1.54, 1.807) is 7.05 Å². The van der Waals surface area contributed by atoms with Crippen molar-refractivity contribution in [2.24, 2.45) is 11.7 Å². The molecular weight excluding hydrogens is 422 g/mol. The van der Waals surface area contributed by atoms with Crippen molar-refractivity contribution in [3.05, 3.63) is 59.3 Å². The van der Waals surface area contributed by atoms with Crippen molar-refractivity contribution in [1.82, 2.24) is 4.98 Å². The number of benzene rings is 2. The fraction of sp³-hybridized carbons (Fsp3) is 0.320. The van der Waals surface area contributed by atoms with Gasteiger partial charge in [0.15, 0.2) is 0 Å². The Balaban J connectivity index is 2.30. The number of carbonyl (C=O) groups excluding carboxylic acids is 1. The summed E-state index contributed by atoms with van der Waals surface area (Å²) < 4.78 is 0. The SMILES string of the molecule is Cc1ccc(-c2c(N(C)C(=O)O)c(CC(C)C)nc3ccc(CSCC(N)=O)cc23)cc1. The number of nitrogens with two attached hydrogens (primary N) is 1. The molecule has 0 aliphatic carbocycles. The van der Waals surface area contributed by atoms with Crippen LogP contribution in [0.1, 0.15) is 30.7 Å². The Morgan fingerprint density at radius 3 is 2.44 bits per heavy atom. The van der Waals surface area contributed by atoms with Gasteiger partial charge in [0, 0.05) is 23.8 Å². The lowest BCUT2D eigenvalue weighted by Crippen LogP contribution is -2.26. The van der Waals surface area contributed by atoms with Gasteiger partial charge in [0.25, 0.3) is 0 Å². The molecule has 0 spiro atoms. The van der Waals surface area contributed by atoms with Crippen LogP contribution in [0.15, 0.2) is 42.5 Å². The van der Waals surface area contributed by atoms with E-state index in [2.05, 4.69) is 13.8 Å². The van der Waals surface area contributed by atoms with Crippen molar-refractivity contribution in [3.8, 4) is 11.1 Å². The van der Waals surface area contributed by atoms with Crippen LogP contribution < -0.4 is 10.6 Å². The maximum Gasteiger partial charge on any atom is 0.411 e. The Labute approximate surface area is 192 Å². The number of rotatable bonds is 8. The van der Waals surface area contributed by atoms with Gasteiger partial charge in [-0.2, -0.15) is 0 Å². The van der Waals surface area contributed by atoms with E-state index < -0.39 is 6.09 Å². The zero-order valence-electron chi connectivity index (χ0n) is 18.9. The summed E-state index contributed by atoms with van der Waals surface area (Å²) in [6, 6.07) is 14.1. The Hall–Kier alpha value is -3.06. The van der Waals surface area contributed by atoms with Crippen LogP contribution >= 0.6 is 11.8 Å². The van der Waals surface area contributed by atoms with Crippen molar-refractivity contribution in [2.45, 2.75) is 32.9 Å². The summed E-state index contributed by atoms with van der Waals surface area (Å²) in [5.74, 6) is 0.851. The Morgan fingerprint density at radius 1 is 1.16 bits per heavy atom. The molecule has 168 valence electrons. The summed E-state index contributed by atoms with van der Waals surface area (Å²) in [6.45, 7) is 6.22. The van der Waals surface area contributed by atoms with Gasteiger partial charge in [-0.1, -0.05) is 49.7 Å². The average Bonchev–Trinajstić information content (AvgIpc) is 2.72. The van der Waals surface area contributed by atoms with Crippen LogP contribution in [0.2, 0.25) is 0 Å². The predicted octanol–water partition coefficient (Wildman–Crippen LogP) is 5.24. The standard InChI is InChI=1S/C25H29N3O3S/c1-15(2)11-21-24(28(4)25(30)31)23(18-8-5-16(3)6-9-18)19-12-17(7-10-20(19)27-21)13-32-14-22(26)29/h5-10,12,15H,11,13-14H2,1-4H3,(H2,26,29)(H,30,31). The summed E-state index contributed by atoms with van der Waals surface area (Å²) >= 11 is 1.45. The number of pyridine rings is 1. The van der Waals surface area contributed by atoms with E-state index in [0.717, 1.165) is 38.9 Å². The molecule has 0 aliphatic heterocycles. The Morgan fingerprint density at radius 2 is 1.84 bits per heavy atom. The number of anilines is 1. The molecule has 1 heterocycles. The molecule has 0 bridgehead atoms. The topological polar surface area (TPSA) is 96.5 Å². The fourth-order valence-electron chi connectivity index (χ4n) is 3.71. The second-order valence-corrected chi connectivity index (χ2v) is 9.38. The number of hydrogen-bond acceptors (Lipinski definition) is 4. The highest BCUT2D eigenvalue weighted by molar-refractivity contribution is 7.99. The number of nitrogens with zero attached hydrogens (tertiary/aromatic N) is 2. The van der Waals surface area contributed by atoms with Crippen molar-refractivity contribution in [1.29, 1.82) is 0 Å². The molecule has 3 aromatic rings. The fourth-order valence-corrected chi connectivity index (χ4v) is 4.43. The first kappa shape index (κ1) is 23.6. The van der Waals surface area contributed by atoms with Gasteiger partial charge >= 0.3 is 6.09 Å². The van der Waals surface area contributed by atoms with Crippen molar-refractivity contribution in [3.63, 3.8) is 0 Å². The normalized spacial score (nSPS) is 11.2. The minimum absolute atomic E-state index is 0.251. The van der Waals surface area contributed by atoms with Crippen LogP contribution in [0.4, 0.5) is 10.5 Å². The van der Waals surface area contributed by atoms with Crippen LogP contribution in [-0.4, -0.2) is 34.9 Å². The minimum Gasteiger partial charge on any atom is -0.465 e. The summed E-state index contributed by atoms with van der Waals surface area (Å²) in [5, 5.41) is 10.7. The largest absolute Gasteiger partial charge is 0.465 e. The van der Waals surface area contributed by atoms with Gasteiger partial charge in [-0.15, -0.1) is 11.8 Å². The van der Waals surface area contributed by atoms with Crippen LogP contribution in [0.25, 0.3) is 22.0 Å². The molecule has 3 rings (SSSR count). The molecule has 32 heavy (non-hydrogen) atoms. The van der Waals surface area contributed by atoms with E-state index in [1.165, 1.54) is 16.7 Å². The molecule has 1 aromatic heterocycles. The molecule has 2 amide bonds. The number of carbonyl (C=O) groups is 2. The van der Waals surface area contributed by atoms with E-state index in [1.807, 2.05) is 49.4 Å². The summed E-state index contributed by atoms with van der Waals surface area (Å²) in [7, 11) is 1.57. The highest BCUT2D eigenvalue weighted by Gasteiger charge is 2.23. The summed E-state index contributed by atoms with van der Waals surface area (Å²) in [4.78, 5) is 29.3. The van der Waals surface area contributed by atoms with Crippen molar-refractivity contribution < 1.29 is 14.7 Å². The van der Waals surface area contributed by atoms with E-state index in [9.17, 15) is 14.7 Å². The first-order valence-corrected chi connectivity index (χ1v) is 11.7. The molecule has 0 radical (unpaired) electrons. The first-order chi connectivity index (χ1) is 15.2. The first-order valence-electron chi connectivity index (χ1n) is 10.5. The molecule has 3 N–H and O–H groups in total. The van der Waals surface area contributed by atoms with E-state index in [-0.39, 0.29) is 11.7 Å². The minimum atomic E-state index is -1.03. The highest BCUT2D eigenvalue weighted by atomic mass is 32.2. The average molecular weight is 452 g/mol. The van der Waals surface area contributed by atoms with Gasteiger partial charge in [-0.05, 0) is 42.5 Å². The van der Waals surface area contributed by atoms with Crippen molar-refractivity contribution in [2.75, 3.05) is 17.7 Å². The van der Waals surface area contributed by atoms with Gasteiger partial charge in [-0.3, -0.25) is 14.7 Å². The summed E-state index contributed by atoms with van der Waals surface area (Å²) in [6.07, 6.45) is -0.365. The van der Waals surface area contributed by atoms with E-state index in [0.29, 0.717) is 23.8 Å². The maximum absolute atomic E-state index is 12.0. The number of hydrogen-bond donors (Lipinski definition) is 2. The molecule has 0 aliphatic rings. The number of fused-ring (bicyclic) bond motifs is 1. The van der Waals surface area contributed by atoms with Gasteiger partial charge in [-0.25, -0.2) is 4.79 Å². The molecule has 2 aromatic carbocycles. The Bertz CT molecular complexity index is 1140. The number of amides is 2. The third-order valence-corrected chi connectivity index (χ3v) is 6.20. The lowest BCUT2D eigenvalue weighted by Gasteiger charge is -2.24. The predicted molar refractivity (Wildman–Crippen MR) is 132 cm³/mol. The molecule has 7 heteroatoms. The van der Waals surface area contributed by atoms with Crippen molar-refractivity contribution >= 4 is 40.4 Å². The highest BCUT2D eigenvalue weighted by Crippen LogP contribution is 2.40. The van der Waals surface area contributed by atoms with Gasteiger partial charge in [0.05, 0.1) is 22.7 Å². The van der Waals surface area contributed by atoms with Gasteiger partial charge in [0.2, 0.25) is 5.91 Å². The quantitative estimate of drug-likeness (QED) is 0.488. The monoisotopic (exact) mass is 451 g/mol. The lowest BCUT2D eigenvalue weighted by molar-refractivity contribution is -0.115.